The fourth-order valence-electron chi connectivity index (χ4n) is 2.71. The molecule has 4 heteroatoms. The Morgan fingerprint density at radius 3 is 2.33 bits per heavy atom. The minimum Gasteiger partial charge on any atom is -0.508 e. The third-order valence-electron chi connectivity index (χ3n) is 3.64. The lowest BCUT2D eigenvalue weighted by Gasteiger charge is -1.99. The molecule has 0 atom stereocenters. The number of fused-ring (bicyclic) bond motifs is 5. The van der Waals surface area contributed by atoms with Crippen LogP contribution in [0.25, 0.3) is 32.7 Å². The van der Waals surface area contributed by atoms with Crippen molar-refractivity contribution in [3.05, 3.63) is 60.7 Å². The second kappa shape index (κ2) is 5.98. The lowest BCUT2D eigenvalue weighted by molar-refractivity contribution is 0.475. The third kappa shape index (κ3) is 2.42. The second-order valence-electron chi connectivity index (χ2n) is 5.34. The highest BCUT2D eigenvalue weighted by atomic mass is 16.3. The average Bonchev–Trinajstić information content (AvgIpc) is 2.94. The molecule has 0 spiro atoms. The molecule has 0 radical (unpaired) electrons. The van der Waals surface area contributed by atoms with Gasteiger partial charge in [0.1, 0.15) is 23.2 Å². The minimum atomic E-state index is 0.0257. The minimum absolute atomic E-state index is 0.0257. The van der Waals surface area contributed by atoms with E-state index in [2.05, 4.69) is 6.58 Å². The van der Waals surface area contributed by atoms with Crippen molar-refractivity contribution in [2.45, 2.75) is 6.92 Å². The Kier molecular flexibility index (Phi) is 3.85. The summed E-state index contributed by atoms with van der Waals surface area (Å²) in [7, 11) is 0. The van der Waals surface area contributed by atoms with E-state index in [0.29, 0.717) is 16.6 Å². The van der Waals surface area contributed by atoms with Gasteiger partial charge in [-0.25, -0.2) is 0 Å². The Labute approximate surface area is 138 Å². The van der Waals surface area contributed by atoms with E-state index >= 15 is 0 Å². The molecule has 118 valence electrons. The lowest BCUT2D eigenvalue weighted by Crippen LogP contribution is -1.75. The summed E-state index contributed by atoms with van der Waals surface area (Å²) in [6.45, 7) is 5.25. The van der Waals surface area contributed by atoms with Crippen LogP contribution in [0.15, 0.2) is 59.5 Å². The van der Waals surface area contributed by atoms with E-state index in [4.69, 9.17) is 4.42 Å². The van der Waals surface area contributed by atoms with Gasteiger partial charge in [-0.1, -0.05) is 18.2 Å². The largest absolute Gasteiger partial charge is 0.508 e. The van der Waals surface area contributed by atoms with Gasteiger partial charge in [0, 0.05) is 22.2 Å². The number of nitriles is 1. The van der Waals surface area contributed by atoms with Gasteiger partial charge in [-0.2, -0.15) is 5.26 Å². The fourth-order valence-corrected chi connectivity index (χ4v) is 2.71. The number of nitrogens with zero attached hydrogens (tertiary/aromatic N) is 1. The normalized spacial score (nSPS) is 10.3. The molecule has 24 heavy (non-hydrogen) atoms. The van der Waals surface area contributed by atoms with Crippen molar-refractivity contribution in [2.24, 2.45) is 0 Å². The van der Waals surface area contributed by atoms with Gasteiger partial charge >= 0.3 is 0 Å². The van der Waals surface area contributed by atoms with E-state index in [-0.39, 0.29) is 17.1 Å². The van der Waals surface area contributed by atoms with Crippen LogP contribution in [0.2, 0.25) is 0 Å². The van der Waals surface area contributed by atoms with Crippen molar-refractivity contribution in [3.8, 4) is 17.6 Å². The summed E-state index contributed by atoms with van der Waals surface area (Å²) in [6, 6.07) is 13.8. The Hall–Kier alpha value is -3.45. The lowest BCUT2D eigenvalue weighted by atomic mass is 10.0. The molecule has 1 heterocycles. The average molecular weight is 317 g/mol. The molecule has 0 saturated carbocycles. The van der Waals surface area contributed by atoms with Crippen molar-refractivity contribution >= 4 is 32.7 Å². The first-order valence-corrected chi connectivity index (χ1v) is 7.37. The van der Waals surface area contributed by atoms with E-state index in [1.807, 2.05) is 25.1 Å². The van der Waals surface area contributed by atoms with E-state index in [0.717, 1.165) is 16.2 Å². The molecule has 0 amide bonds. The van der Waals surface area contributed by atoms with Crippen molar-refractivity contribution in [3.63, 3.8) is 0 Å². The van der Waals surface area contributed by atoms with Crippen LogP contribution in [0.4, 0.5) is 0 Å². The number of phenols is 2. The summed E-state index contributed by atoms with van der Waals surface area (Å²) in [5.74, 6) is 0.177. The van der Waals surface area contributed by atoms with Crippen molar-refractivity contribution in [1.82, 2.24) is 0 Å². The molecular weight excluding hydrogens is 302 g/mol. The summed E-state index contributed by atoms with van der Waals surface area (Å²) in [6.07, 6.45) is 1.75. The zero-order valence-corrected chi connectivity index (χ0v) is 13.1. The number of furan rings is 1. The highest BCUT2D eigenvalue weighted by Gasteiger charge is 2.14. The maximum absolute atomic E-state index is 9.74. The van der Waals surface area contributed by atoms with Crippen molar-refractivity contribution in [2.75, 3.05) is 0 Å². The molecule has 4 rings (SSSR count). The van der Waals surface area contributed by atoms with Gasteiger partial charge in [-0.3, -0.25) is 0 Å². The summed E-state index contributed by atoms with van der Waals surface area (Å²) in [4.78, 5) is 0. The molecule has 4 aromatic rings. The Bertz CT molecular complexity index is 1120. The molecule has 0 aliphatic rings. The zero-order valence-electron chi connectivity index (χ0n) is 13.1. The van der Waals surface area contributed by atoms with Crippen LogP contribution < -0.4 is 0 Å². The van der Waals surface area contributed by atoms with Crippen LogP contribution in [0.5, 0.6) is 11.5 Å². The van der Waals surface area contributed by atoms with E-state index in [1.54, 1.807) is 30.3 Å². The van der Waals surface area contributed by atoms with E-state index in [1.165, 1.54) is 6.07 Å². The van der Waals surface area contributed by atoms with E-state index < -0.39 is 0 Å². The standard InChI is InChI=1S/C17H9NO3.C3H6/c18-8-10-5-12(20)7-15-13-4-2-9-1-3-11(19)6-14(9)17(13)21-16(10)15;1-3-2/h1-7,19-20H;3H,1H2,2H3. The van der Waals surface area contributed by atoms with Crippen LogP contribution >= 0.6 is 0 Å². The number of allylic oxidation sites excluding steroid dienone is 1. The highest BCUT2D eigenvalue weighted by molar-refractivity contribution is 6.16. The molecule has 0 bridgehead atoms. The number of hydrogen-bond donors (Lipinski definition) is 2. The fraction of sp³-hybridized carbons (Fsp3) is 0.0500. The molecule has 0 saturated heterocycles. The summed E-state index contributed by atoms with van der Waals surface area (Å²) >= 11 is 0. The molecule has 1 aromatic heterocycles. The van der Waals surface area contributed by atoms with Crippen molar-refractivity contribution < 1.29 is 14.6 Å². The Balaban J connectivity index is 0.000000526. The predicted octanol–water partition coefficient (Wildman–Crippen LogP) is 5.21. The summed E-state index contributed by atoms with van der Waals surface area (Å²) < 4.78 is 5.85. The molecule has 0 aliphatic heterocycles. The van der Waals surface area contributed by atoms with Crippen LogP contribution in [0, 0.1) is 11.3 Å². The predicted molar refractivity (Wildman–Crippen MR) is 95.1 cm³/mol. The molecule has 3 aromatic carbocycles. The van der Waals surface area contributed by atoms with Gasteiger partial charge in [-0.05, 0) is 36.6 Å². The summed E-state index contributed by atoms with van der Waals surface area (Å²) in [5, 5.41) is 31.8. The molecule has 2 N–H and O–H groups in total. The smallest absolute Gasteiger partial charge is 0.153 e. The Morgan fingerprint density at radius 2 is 1.62 bits per heavy atom. The second-order valence-corrected chi connectivity index (χ2v) is 5.34. The maximum atomic E-state index is 9.74. The highest BCUT2D eigenvalue weighted by Crippen LogP contribution is 2.37. The number of benzene rings is 3. The maximum Gasteiger partial charge on any atom is 0.153 e. The van der Waals surface area contributed by atoms with Crippen LogP contribution in [0.1, 0.15) is 12.5 Å². The first kappa shape index (κ1) is 15.4. The SMILES string of the molecule is C=CC.N#Cc1cc(O)cc2c1oc1c3cc(O)ccc3ccc21. The van der Waals surface area contributed by atoms with Gasteiger partial charge in [0.05, 0.1) is 5.56 Å². The zero-order chi connectivity index (χ0) is 17.3. The summed E-state index contributed by atoms with van der Waals surface area (Å²) in [5.41, 5.74) is 1.33. The molecule has 0 aliphatic carbocycles. The molecule has 4 nitrogen and oxygen atoms in total. The third-order valence-corrected chi connectivity index (χ3v) is 3.64. The van der Waals surface area contributed by atoms with E-state index in [9.17, 15) is 15.5 Å². The Morgan fingerprint density at radius 1 is 0.958 bits per heavy atom. The molecule has 0 fully saturated rings. The first-order valence-electron chi connectivity index (χ1n) is 7.37. The van der Waals surface area contributed by atoms with Gasteiger partial charge in [0.25, 0.3) is 0 Å². The molecule has 0 unspecified atom stereocenters. The van der Waals surface area contributed by atoms with Gasteiger partial charge in [0.15, 0.2) is 5.58 Å². The quantitative estimate of drug-likeness (QED) is 0.436. The molecular formula is C20H15NO3. The number of hydrogen-bond acceptors (Lipinski definition) is 4. The van der Waals surface area contributed by atoms with Gasteiger partial charge in [0.2, 0.25) is 0 Å². The first-order chi connectivity index (χ1) is 11.6. The monoisotopic (exact) mass is 317 g/mol. The van der Waals surface area contributed by atoms with Gasteiger partial charge < -0.3 is 14.6 Å². The number of phenolic OH excluding ortho intramolecular Hbond substituents is 2. The number of rotatable bonds is 0. The number of aromatic hydroxyl groups is 2. The van der Waals surface area contributed by atoms with Gasteiger partial charge in [-0.15, -0.1) is 6.58 Å². The van der Waals surface area contributed by atoms with Crippen LogP contribution in [-0.4, -0.2) is 10.2 Å². The van der Waals surface area contributed by atoms with Crippen LogP contribution in [0.3, 0.4) is 0 Å². The van der Waals surface area contributed by atoms with Crippen molar-refractivity contribution in [1.29, 1.82) is 5.26 Å². The van der Waals surface area contributed by atoms with Crippen LogP contribution in [-0.2, 0) is 0 Å². The topological polar surface area (TPSA) is 77.4 Å².